The number of carbonyl (C=O) groups excluding carboxylic acids is 2. The van der Waals surface area contributed by atoms with Gasteiger partial charge in [0.25, 0.3) is 11.8 Å². The van der Waals surface area contributed by atoms with Crippen molar-refractivity contribution in [1.29, 1.82) is 0 Å². The maximum absolute atomic E-state index is 11.8. The molecule has 0 radical (unpaired) electrons. The van der Waals surface area contributed by atoms with Crippen molar-refractivity contribution in [3.8, 4) is 11.5 Å². The number of amides is 2. The molecule has 0 unspecified atom stereocenters. The molecule has 0 heterocycles. The van der Waals surface area contributed by atoms with Crippen LogP contribution in [0.5, 0.6) is 11.5 Å². The third-order valence-corrected chi connectivity index (χ3v) is 3.15. The highest BCUT2D eigenvalue weighted by atomic mass is 16.5. The Morgan fingerprint density at radius 1 is 1.13 bits per heavy atom. The predicted molar refractivity (Wildman–Crippen MR) is 85.3 cm³/mol. The van der Waals surface area contributed by atoms with Gasteiger partial charge in [0, 0.05) is 12.6 Å². The zero-order chi connectivity index (χ0) is 16.7. The third kappa shape index (κ3) is 4.74. The van der Waals surface area contributed by atoms with E-state index in [9.17, 15) is 9.59 Å². The fourth-order valence-electron chi connectivity index (χ4n) is 1.94. The minimum Gasteiger partial charge on any atom is -0.497 e. The monoisotopic (exact) mass is 314 g/mol. The molecule has 2 amide bonds. The van der Waals surface area contributed by atoms with Gasteiger partial charge in [-0.05, 0) is 17.7 Å². The van der Waals surface area contributed by atoms with E-state index in [1.165, 1.54) is 19.2 Å². The van der Waals surface area contributed by atoms with Crippen molar-refractivity contribution < 1.29 is 19.1 Å². The van der Waals surface area contributed by atoms with Crippen LogP contribution in [-0.2, 0) is 11.3 Å². The van der Waals surface area contributed by atoms with Crippen molar-refractivity contribution in [3.63, 3.8) is 0 Å². The first-order valence-electron chi connectivity index (χ1n) is 7.01. The first kappa shape index (κ1) is 16.4. The van der Waals surface area contributed by atoms with Crippen LogP contribution in [-0.4, -0.2) is 25.5 Å². The quantitative estimate of drug-likeness (QED) is 0.810. The Labute approximate surface area is 134 Å². The highest BCUT2D eigenvalue weighted by Crippen LogP contribution is 2.24. The summed E-state index contributed by atoms with van der Waals surface area (Å²) < 4.78 is 10.5. The number of primary amides is 1. The van der Waals surface area contributed by atoms with Crippen LogP contribution in [0.1, 0.15) is 15.9 Å². The molecule has 6 heteroatoms. The van der Waals surface area contributed by atoms with Gasteiger partial charge in [0.2, 0.25) is 0 Å². The van der Waals surface area contributed by atoms with Gasteiger partial charge in [0.15, 0.2) is 6.61 Å². The summed E-state index contributed by atoms with van der Waals surface area (Å²) in [5.74, 6) is -0.208. The number of ether oxygens (including phenoxy) is 2. The molecular weight excluding hydrogens is 296 g/mol. The van der Waals surface area contributed by atoms with E-state index in [1.807, 2.05) is 30.3 Å². The molecule has 0 aliphatic carbocycles. The van der Waals surface area contributed by atoms with Crippen LogP contribution >= 0.6 is 0 Å². The maximum atomic E-state index is 11.8. The van der Waals surface area contributed by atoms with Gasteiger partial charge in [-0.3, -0.25) is 9.59 Å². The SMILES string of the molecule is COc1ccc(C(N)=O)c(OCC(=O)NCc2ccccc2)c1. The number of nitrogens with one attached hydrogen (secondary N) is 1. The van der Waals surface area contributed by atoms with Gasteiger partial charge < -0.3 is 20.5 Å². The summed E-state index contributed by atoms with van der Waals surface area (Å²) in [6, 6.07) is 14.1. The molecule has 0 saturated heterocycles. The Bertz CT molecular complexity index is 686. The van der Waals surface area contributed by atoms with Gasteiger partial charge in [-0.2, -0.15) is 0 Å². The van der Waals surface area contributed by atoms with E-state index >= 15 is 0 Å². The Morgan fingerprint density at radius 2 is 1.87 bits per heavy atom. The lowest BCUT2D eigenvalue weighted by molar-refractivity contribution is -0.123. The Morgan fingerprint density at radius 3 is 2.52 bits per heavy atom. The summed E-state index contributed by atoms with van der Waals surface area (Å²) in [6.07, 6.45) is 0. The van der Waals surface area contributed by atoms with Gasteiger partial charge in [-0.1, -0.05) is 30.3 Å². The van der Waals surface area contributed by atoms with Gasteiger partial charge >= 0.3 is 0 Å². The molecule has 0 fully saturated rings. The molecule has 0 atom stereocenters. The standard InChI is InChI=1S/C17H18N2O4/c1-22-13-7-8-14(17(18)21)15(9-13)23-11-16(20)19-10-12-5-3-2-4-6-12/h2-9H,10-11H2,1H3,(H2,18,21)(H,19,20). The van der Waals surface area contributed by atoms with Crippen molar-refractivity contribution in [3.05, 3.63) is 59.7 Å². The van der Waals surface area contributed by atoms with Gasteiger partial charge in [0.05, 0.1) is 12.7 Å². The van der Waals surface area contributed by atoms with Crippen LogP contribution in [0, 0.1) is 0 Å². The fourth-order valence-corrected chi connectivity index (χ4v) is 1.94. The molecule has 6 nitrogen and oxygen atoms in total. The van der Waals surface area contributed by atoms with Gasteiger partial charge in [-0.15, -0.1) is 0 Å². The lowest BCUT2D eigenvalue weighted by Crippen LogP contribution is -2.28. The van der Waals surface area contributed by atoms with Crippen molar-refractivity contribution in [2.24, 2.45) is 5.73 Å². The molecule has 2 aromatic rings. The highest BCUT2D eigenvalue weighted by Gasteiger charge is 2.12. The predicted octanol–water partition coefficient (Wildman–Crippen LogP) is 1.49. The minimum atomic E-state index is -0.632. The van der Waals surface area contributed by atoms with Gasteiger partial charge in [0.1, 0.15) is 11.5 Å². The average Bonchev–Trinajstić information content (AvgIpc) is 2.58. The summed E-state index contributed by atoms with van der Waals surface area (Å²) in [7, 11) is 1.50. The number of rotatable bonds is 7. The Kier molecular flexibility index (Phi) is 5.57. The smallest absolute Gasteiger partial charge is 0.258 e. The summed E-state index contributed by atoms with van der Waals surface area (Å²) in [4.78, 5) is 23.2. The number of nitrogens with two attached hydrogens (primary N) is 1. The number of carbonyl (C=O) groups is 2. The van der Waals surface area contributed by atoms with E-state index in [0.29, 0.717) is 12.3 Å². The summed E-state index contributed by atoms with van der Waals surface area (Å²) in [5.41, 5.74) is 6.47. The first-order chi connectivity index (χ1) is 11.1. The molecule has 23 heavy (non-hydrogen) atoms. The van der Waals surface area contributed by atoms with Crippen LogP contribution in [0.4, 0.5) is 0 Å². The van der Waals surface area contributed by atoms with Crippen molar-refractivity contribution in [2.45, 2.75) is 6.54 Å². The van der Waals surface area contributed by atoms with E-state index in [2.05, 4.69) is 5.32 Å². The number of hydrogen-bond acceptors (Lipinski definition) is 4. The summed E-state index contributed by atoms with van der Waals surface area (Å²) in [5, 5.41) is 2.74. The number of hydrogen-bond donors (Lipinski definition) is 2. The van der Waals surface area contributed by atoms with Crippen molar-refractivity contribution in [2.75, 3.05) is 13.7 Å². The van der Waals surface area contributed by atoms with Crippen LogP contribution in [0.3, 0.4) is 0 Å². The molecular formula is C17H18N2O4. The lowest BCUT2D eigenvalue weighted by atomic mass is 10.2. The summed E-state index contributed by atoms with van der Waals surface area (Å²) >= 11 is 0. The fraction of sp³-hybridized carbons (Fsp3) is 0.176. The number of benzene rings is 2. The molecule has 0 bridgehead atoms. The molecule has 3 N–H and O–H groups in total. The van der Waals surface area contributed by atoms with Crippen LogP contribution in [0.2, 0.25) is 0 Å². The van der Waals surface area contributed by atoms with Crippen LogP contribution < -0.4 is 20.5 Å². The molecule has 120 valence electrons. The normalized spacial score (nSPS) is 9.96. The number of methoxy groups -OCH3 is 1. The largest absolute Gasteiger partial charge is 0.497 e. The zero-order valence-corrected chi connectivity index (χ0v) is 12.7. The van der Waals surface area contributed by atoms with E-state index in [-0.39, 0.29) is 23.8 Å². The first-order valence-corrected chi connectivity index (χ1v) is 7.01. The minimum absolute atomic E-state index is 0.196. The van der Waals surface area contributed by atoms with E-state index < -0.39 is 5.91 Å². The Balaban J connectivity index is 1.94. The molecule has 0 saturated carbocycles. The molecule has 2 aromatic carbocycles. The van der Waals surface area contributed by atoms with Crippen LogP contribution in [0.15, 0.2) is 48.5 Å². The van der Waals surface area contributed by atoms with Gasteiger partial charge in [-0.25, -0.2) is 0 Å². The van der Waals surface area contributed by atoms with Crippen molar-refractivity contribution in [1.82, 2.24) is 5.32 Å². The third-order valence-electron chi connectivity index (χ3n) is 3.15. The molecule has 0 aliphatic heterocycles. The molecule has 0 aromatic heterocycles. The highest BCUT2D eigenvalue weighted by molar-refractivity contribution is 5.96. The molecule has 0 spiro atoms. The lowest BCUT2D eigenvalue weighted by Gasteiger charge is -2.11. The Hall–Kier alpha value is -3.02. The second-order valence-corrected chi connectivity index (χ2v) is 4.78. The second kappa shape index (κ2) is 7.84. The average molecular weight is 314 g/mol. The van der Waals surface area contributed by atoms with E-state index in [1.54, 1.807) is 6.07 Å². The zero-order valence-electron chi connectivity index (χ0n) is 12.7. The molecule has 2 rings (SSSR count). The molecule has 0 aliphatic rings. The van der Waals surface area contributed by atoms with Crippen molar-refractivity contribution >= 4 is 11.8 Å². The van der Waals surface area contributed by atoms with Crippen LogP contribution in [0.25, 0.3) is 0 Å². The topological polar surface area (TPSA) is 90.7 Å². The summed E-state index contributed by atoms with van der Waals surface area (Å²) in [6.45, 7) is 0.185. The van der Waals surface area contributed by atoms with E-state index in [0.717, 1.165) is 5.56 Å². The maximum Gasteiger partial charge on any atom is 0.258 e. The second-order valence-electron chi connectivity index (χ2n) is 4.78. The van der Waals surface area contributed by atoms with E-state index in [4.69, 9.17) is 15.2 Å².